The van der Waals surface area contributed by atoms with E-state index in [1.54, 1.807) is 0 Å². The molecule has 0 aromatic heterocycles. The Balaban J connectivity index is 1.84. The maximum atomic E-state index is 2.60. The van der Waals surface area contributed by atoms with Crippen LogP contribution in [0.5, 0.6) is 0 Å². The molecule has 2 aliphatic rings. The largest absolute Gasteiger partial charge is 0.352 e. The SMILES string of the molecule is CC1=C(c2ccccc2)N(C)C(C2CCCC2)N1c1ccccc1C. The number of allylic oxidation sites excluding steroid dienone is 1. The van der Waals surface area contributed by atoms with Gasteiger partial charge in [-0.05, 0) is 49.8 Å². The predicted octanol–water partition coefficient (Wildman–Crippen LogP) is 5.65. The van der Waals surface area contributed by atoms with E-state index >= 15 is 0 Å². The maximum absolute atomic E-state index is 2.60. The monoisotopic (exact) mass is 332 g/mol. The molecule has 1 aliphatic heterocycles. The normalized spacial score (nSPS) is 21.5. The predicted molar refractivity (Wildman–Crippen MR) is 106 cm³/mol. The summed E-state index contributed by atoms with van der Waals surface area (Å²) in [6, 6.07) is 19.7. The van der Waals surface area contributed by atoms with Gasteiger partial charge in [-0.15, -0.1) is 0 Å². The van der Waals surface area contributed by atoms with Crippen LogP contribution in [0.4, 0.5) is 5.69 Å². The van der Waals surface area contributed by atoms with Crippen LogP contribution < -0.4 is 4.90 Å². The molecule has 1 heterocycles. The van der Waals surface area contributed by atoms with Gasteiger partial charge < -0.3 is 9.80 Å². The number of aryl methyl sites for hydroxylation is 1. The lowest BCUT2D eigenvalue weighted by Crippen LogP contribution is -2.43. The van der Waals surface area contributed by atoms with Crippen LogP contribution in [-0.2, 0) is 0 Å². The molecule has 2 aromatic rings. The maximum Gasteiger partial charge on any atom is 0.109 e. The summed E-state index contributed by atoms with van der Waals surface area (Å²) in [5, 5.41) is 0. The molecule has 1 fully saturated rings. The second kappa shape index (κ2) is 6.59. The van der Waals surface area contributed by atoms with Crippen LogP contribution in [0.3, 0.4) is 0 Å². The highest BCUT2D eigenvalue weighted by Gasteiger charge is 2.41. The summed E-state index contributed by atoms with van der Waals surface area (Å²) in [5.41, 5.74) is 6.78. The van der Waals surface area contributed by atoms with Gasteiger partial charge in [-0.25, -0.2) is 0 Å². The van der Waals surface area contributed by atoms with Crippen LogP contribution in [0.15, 0.2) is 60.3 Å². The molecule has 4 rings (SSSR count). The molecule has 2 nitrogen and oxygen atoms in total. The van der Waals surface area contributed by atoms with Crippen molar-refractivity contribution in [3.8, 4) is 0 Å². The van der Waals surface area contributed by atoms with E-state index in [1.165, 1.54) is 53.9 Å². The van der Waals surface area contributed by atoms with Crippen molar-refractivity contribution in [1.82, 2.24) is 4.90 Å². The Morgan fingerprint density at radius 1 is 0.840 bits per heavy atom. The lowest BCUT2D eigenvalue weighted by molar-refractivity contribution is 0.267. The number of hydrogen-bond acceptors (Lipinski definition) is 2. The summed E-state index contributed by atoms with van der Waals surface area (Å²) in [4.78, 5) is 5.14. The molecule has 1 unspecified atom stereocenters. The fraction of sp³-hybridized carbons (Fsp3) is 0.391. The second-order valence-corrected chi connectivity index (χ2v) is 7.53. The van der Waals surface area contributed by atoms with E-state index in [0.29, 0.717) is 6.17 Å². The minimum Gasteiger partial charge on any atom is -0.352 e. The number of benzene rings is 2. The molecule has 2 aromatic carbocycles. The zero-order chi connectivity index (χ0) is 17.4. The fourth-order valence-electron chi connectivity index (χ4n) is 4.82. The fourth-order valence-corrected chi connectivity index (χ4v) is 4.82. The molecule has 1 saturated carbocycles. The first-order valence-electron chi connectivity index (χ1n) is 9.52. The Labute approximate surface area is 151 Å². The van der Waals surface area contributed by atoms with Crippen LogP contribution >= 0.6 is 0 Å². The molecule has 0 radical (unpaired) electrons. The summed E-state index contributed by atoms with van der Waals surface area (Å²) in [6.45, 7) is 4.52. The number of para-hydroxylation sites is 1. The van der Waals surface area contributed by atoms with E-state index in [0.717, 1.165) is 5.92 Å². The van der Waals surface area contributed by atoms with Crippen LogP contribution in [0.2, 0.25) is 0 Å². The van der Waals surface area contributed by atoms with Gasteiger partial charge in [-0.1, -0.05) is 61.4 Å². The highest BCUT2D eigenvalue weighted by molar-refractivity contribution is 5.76. The van der Waals surface area contributed by atoms with Gasteiger partial charge in [0.25, 0.3) is 0 Å². The standard InChI is InChI=1S/C23H28N2/c1-17-11-7-10-16-21(17)25-18(2)22(19-12-5-4-6-13-19)24(3)23(25)20-14-8-9-15-20/h4-7,10-13,16,20,23H,8-9,14-15H2,1-3H3. The zero-order valence-electron chi connectivity index (χ0n) is 15.6. The van der Waals surface area contributed by atoms with Crippen molar-refractivity contribution in [3.63, 3.8) is 0 Å². The van der Waals surface area contributed by atoms with E-state index in [4.69, 9.17) is 0 Å². The van der Waals surface area contributed by atoms with E-state index in [2.05, 4.69) is 85.3 Å². The van der Waals surface area contributed by atoms with Crippen molar-refractivity contribution in [2.45, 2.75) is 45.7 Å². The van der Waals surface area contributed by atoms with Crippen molar-refractivity contribution >= 4 is 11.4 Å². The van der Waals surface area contributed by atoms with E-state index in [9.17, 15) is 0 Å². The van der Waals surface area contributed by atoms with Crippen LogP contribution in [0.1, 0.15) is 43.7 Å². The first-order chi connectivity index (χ1) is 12.2. The van der Waals surface area contributed by atoms with Gasteiger partial charge in [0.05, 0.1) is 5.70 Å². The average molecular weight is 332 g/mol. The molecule has 130 valence electrons. The van der Waals surface area contributed by atoms with Gasteiger partial charge in [0, 0.05) is 18.4 Å². The van der Waals surface area contributed by atoms with Gasteiger partial charge in [-0.3, -0.25) is 0 Å². The smallest absolute Gasteiger partial charge is 0.109 e. The highest BCUT2D eigenvalue weighted by Crippen LogP contribution is 2.45. The third-order valence-corrected chi connectivity index (χ3v) is 5.96. The minimum atomic E-state index is 0.429. The van der Waals surface area contributed by atoms with Gasteiger partial charge in [0.2, 0.25) is 0 Å². The van der Waals surface area contributed by atoms with Crippen molar-refractivity contribution in [2.75, 3.05) is 11.9 Å². The number of hydrogen-bond donors (Lipinski definition) is 0. The second-order valence-electron chi connectivity index (χ2n) is 7.53. The third kappa shape index (κ3) is 2.74. The van der Waals surface area contributed by atoms with Crippen molar-refractivity contribution in [1.29, 1.82) is 0 Å². The Morgan fingerprint density at radius 3 is 2.16 bits per heavy atom. The van der Waals surface area contributed by atoms with E-state index < -0.39 is 0 Å². The van der Waals surface area contributed by atoms with Crippen molar-refractivity contribution < 1.29 is 0 Å². The van der Waals surface area contributed by atoms with Gasteiger partial charge in [0.15, 0.2) is 0 Å². The molecule has 0 amide bonds. The van der Waals surface area contributed by atoms with Crippen LogP contribution in [-0.4, -0.2) is 18.1 Å². The van der Waals surface area contributed by atoms with Crippen molar-refractivity contribution in [2.24, 2.45) is 5.92 Å². The quantitative estimate of drug-likeness (QED) is 0.716. The topological polar surface area (TPSA) is 6.48 Å². The lowest BCUT2D eigenvalue weighted by atomic mass is 10.0. The molecule has 1 atom stereocenters. The van der Waals surface area contributed by atoms with E-state index in [1.807, 2.05) is 0 Å². The van der Waals surface area contributed by atoms with Gasteiger partial charge >= 0.3 is 0 Å². The number of rotatable bonds is 3. The summed E-state index contributed by atoms with van der Waals surface area (Å²) in [6.07, 6.45) is 5.85. The summed E-state index contributed by atoms with van der Waals surface area (Å²) in [5.74, 6) is 0.737. The lowest BCUT2D eigenvalue weighted by Gasteiger charge is -2.37. The first kappa shape index (κ1) is 16.3. The van der Waals surface area contributed by atoms with Crippen molar-refractivity contribution in [3.05, 3.63) is 71.4 Å². The first-order valence-corrected chi connectivity index (χ1v) is 9.52. The minimum absolute atomic E-state index is 0.429. The molecular weight excluding hydrogens is 304 g/mol. The van der Waals surface area contributed by atoms with Crippen LogP contribution in [0.25, 0.3) is 5.70 Å². The molecule has 2 heteroatoms. The van der Waals surface area contributed by atoms with Crippen LogP contribution in [0, 0.1) is 12.8 Å². The van der Waals surface area contributed by atoms with Gasteiger partial charge in [0.1, 0.15) is 6.17 Å². The molecule has 1 aliphatic carbocycles. The summed E-state index contributed by atoms with van der Waals surface area (Å²) in [7, 11) is 2.28. The average Bonchev–Trinajstić information content (AvgIpc) is 3.23. The summed E-state index contributed by atoms with van der Waals surface area (Å²) < 4.78 is 0. The molecule has 0 N–H and O–H groups in total. The van der Waals surface area contributed by atoms with E-state index in [-0.39, 0.29) is 0 Å². The third-order valence-electron chi connectivity index (χ3n) is 5.96. The van der Waals surface area contributed by atoms with Gasteiger partial charge in [-0.2, -0.15) is 0 Å². The molecule has 0 bridgehead atoms. The Bertz CT molecular complexity index is 772. The number of nitrogens with zero attached hydrogens (tertiary/aromatic N) is 2. The molecule has 0 saturated heterocycles. The summed E-state index contributed by atoms with van der Waals surface area (Å²) >= 11 is 0. The zero-order valence-corrected chi connectivity index (χ0v) is 15.6. The number of anilines is 1. The Hall–Kier alpha value is -2.22. The Morgan fingerprint density at radius 2 is 1.48 bits per heavy atom. The Kier molecular flexibility index (Phi) is 4.29. The highest BCUT2D eigenvalue weighted by atomic mass is 15.4. The molecule has 0 spiro atoms. The molecule has 25 heavy (non-hydrogen) atoms. The molecular formula is C23H28N2.